The molecular formula is C29H37N7O6S. The number of likely N-dealkylation sites (tertiary alicyclic amines) is 1. The number of aromatic nitrogens is 4. The molecule has 2 aliphatic heterocycles. The van der Waals surface area contributed by atoms with Gasteiger partial charge < -0.3 is 29.7 Å². The number of hydrogen-bond acceptors (Lipinski definition) is 10. The molecule has 0 unspecified atom stereocenters. The lowest BCUT2D eigenvalue weighted by Gasteiger charge is -2.33. The summed E-state index contributed by atoms with van der Waals surface area (Å²) in [6, 6.07) is 3.57. The van der Waals surface area contributed by atoms with Crippen LogP contribution >= 0.6 is 11.3 Å². The molecule has 14 heteroatoms. The van der Waals surface area contributed by atoms with Crippen LogP contribution in [0.4, 0.5) is 10.5 Å². The summed E-state index contributed by atoms with van der Waals surface area (Å²) in [4.78, 5) is 49.1. The number of aryl methyl sites for hydroxylation is 1. The third kappa shape index (κ3) is 8.29. The minimum atomic E-state index is -0.522. The normalized spacial score (nSPS) is 17.1. The first-order valence-electron chi connectivity index (χ1n) is 14.4. The number of hydrogen-bond donors (Lipinski definition) is 2. The lowest BCUT2D eigenvalue weighted by molar-refractivity contribution is 0.0179. The Morgan fingerprint density at radius 1 is 1.16 bits per heavy atom. The molecule has 5 rings (SSSR count). The van der Waals surface area contributed by atoms with Crippen molar-refractivity contribution in [2.75, 3.05) is 44.8 Å². The van der Waals surface area contributed by atoms with Crippen LogP contribution in [-0.2, 0) is 16.0 Å². The first kappa shape index (κ1) is 30.4. The summed E-state index contributed by atoms with van der Waals surface area (Å²) >= 11 is 1.32. The average Bonchev–Trinajstić information content (AvgIpc) is 3.63. The van der Waals surface area contributed by atoms with Crippen LogP contribution in [0.2, 0.25) is 0 Å². The Hall–Kier alpha value is -4.04. The van der Waals surface area contributed by atoms with Gasteiger partial charge in [0, 0.05) is 55.6 Å². The minimum Gasteiger partial charge on any atom is -0.475 e. The number of amides is 3. The molecule has 5 heterocycles. The number of piperidine rings is 1. The summed E-state index contributed by atoms with van der Waals surface area (Å²) in [7, 11) is 0. The number of rotatable bonds is 3. The number of carbonyl (C=O) groups is 3. The van der Waals surface area contributed by atoms with Gasteiger partial charge in [0.2, 0.25) is 5.88 Å². The Morgan fingerprint density at radius 3 is 2.77 bits per heavy atom. The highest BCUT2D eigenvalue weighted by molar-refractivity contribution is 7.13. The second kappa shape index (κ2) is 13.5. The van der Waals surface area contributed by atoms with Crippen molar-refractivity contribution in [3.05, 3.63) is 41.3 Å². The Labute approximate surface area is 253 Å². The topological polar surface area (TPSA) is 150 Å². The predicted molar refractivity (Wildman–Crippen MR) is 159 cm³/mol. The Bertz CT molecular complexity index is 1440. The van der Waals surface area contributed by atoms with Crippen LogP contribution < -0.4 is 15.4 Å². The molecule has 0 aromatic carbocycles. The quantitative estimate of drug-likeness (QED) is 0.451. The van der Waals surface area contributed by atoms with Crippen molar-refractivity contribution >= 4 is 34.9 Å². The molecule has 4 bridgehead atoms. The molecule has 43 heavy (non-hydrogen) atoms. The van der Waals surface area contributed by atoms with E-state index in [0.717, 1.165) is 24.8 Å². The maximum atomic E-state index is 13.2. The molecule has 0 aliphatic carbocycles. The van der Waals surface area contributed by atoms with Crippen molar-refractivity contribution in [2.45, 2.75) is 52.2 Å². The van der Waals surface area contributed by atoms with Gasteiger partial charge in [-0.25, -0.2) is 14.8 Å². The third-order valence-electron chi connectivity index (χ3n) is 6.99. The fraction of sp³-hybridized carbons (Fsp3) is 0.517. The number of anilines is 1. The number of nitrogens with one attached hydrogen (secondary N) is 2. The van der Waals surface area contributed by atoms with Crippen molar-refractivity contribution in [1.29, 1.82) is 0 Å². The highest BCUT2D eigenvalue weighted by Crippen LogP contribution is 2.27. The number of thiazole rings is 1. The van der Waals surface area contributed by atoms with E-state index >= 15 is 0 Å². The largest absolute Gasteiger partial charge is 0.475 e. The van der Waals surface area contributed by atoms with E-state index in [4.69, 9.17) is 14.2 Å². The van der Waals surface area contributed by atoms with Gasteiger partial charge in [0.15, 0.2) is 5.69 Å². The molecular weight excluding hydrogens is 574 g/mol. The van der Waals surface area contributed by atoms with Crippen LogP contribution in [0, 0.1) is 5.92 Å². The maximum Gasteiger partial charge on any atom is 0.410 e. The smallest absolute Gasteiger partial charge is 0.410 e. The number of ether oxygens (including phenoxy) is 3. The van der Waals surface area contributed by atoms with Gasteiger partial charge in [0.25, 0.3) is 11.8 Å². The van der Waals surface area contributed by atoms with Gasteiger partial charge in [-0.2, -0.15) is 5.10 Å². The van der Waals surface area contributed by atoms with Crippen LogP contribution in [0.25, 0.3) is 10.6 Å². The highest BCUT2D eigenvalue weighted by atomic mass is 32.1. The van der Waals surface area contributed by atoms with E-state index in [0.29, 0.717) is 55.3 Å². The summed E-state index contributed by atoms with van der Waals surface area (Å²) in [5.41, 5.74) is 0.905. The van der Waals surface area contributed by atoms with E-state index in [1.165, 1.54) is 11.3 Å². The van der Waals surface area contributed by atoms with Gasteiger partial charge in [-0.15, -0.1) is 11.3 Å². The molecule has 0 atom stereocenters. The molecule has 2 N–H and O–H groups in total. The van der Waals surface area contributed by atoms with Crippen LogP contribution in [0.1, 0.15) is 61.0 Å². The average molecular weight is 612 g/mol. The highest BCUT2D eigenvalue weighted by Gasteiger charge is 2.27. The van der Waals surface area contributed by atoms with Crippen molar-refractivity contribution < 1.29 is 28.6 Å². The van der Waals surface area contributed by atoms with E-state index < -0.39 is 17.4 Å². The molecule has 0 saturated carbocycles. The van der Waals surface area contributed by atoms with Crippen molar-refractivity contribution in [2.24, 2.45) is 5.92 Å². The SMILES string of the molecule is CC(C)(C)OC(=O)N1CCC(CCn2cc3c(n2)C(=O)NCCOCCOc2cc(ccn2)-c2nc(cs2)C(=O)N3)CC1. The lowest BCUT2D eigenvalue weighted by Crippen LogP contribution is -2.41. The van der Waals surface area contributed by atoms with E-state index in [1.807, 2.05) is 20.8 Å². The van der Waals surface area contributed by atoms with Crippen LogP contribution in [-0.4, -0.2) is 87.6 Å². The number of carbonyl (C=O) groups excluding carboxylic acids is 3. The Balaban J connectivity index is 1.26. The van der Waals surface area contributed by atoms with E-state index in [-0.39, 0.29) is 30.6 Å². The first-order valence-corrected chi connectivity index (χ1v) is 15.3. The van der Waals surface area contributed by atoms with Gasteiger partial charge in [-0.05, 0) is 52.0 Å². The fourth-order valence-electron chi connectivity index (χ4n) is 4.79. The molecule has 0 spiro atoms. The van der Waals surface area contributed by atoms with Gasteiger partial charge in [-0.1, -0.05) is 0 Å². The molecule has 3 aromatic heterocycles. The van der Waals surface area contributed by atoms with Gasteiger partial charge in [0.05, 0.1) is 18.9 Å². The summed E-state index contributed by atoms with van der Waals surface area (Å²) in [5.74, 6) is -0.0362. The number of fused-ring (bicyclic) bond motifs is 6. The fourth-order valence-corrected chi connectivity index (χ4v) is 5.58. The van der Waals surface area contributed by atoms with E-state index in [1.54, 1.807) is 39.5 Å². The zero-order valence-electron chi connectivity index (χ0n) is 24.6. The lowest BCUT2D eigenvalue weighted by atomic mass is 9.94. The van der Waals surface area contributed by atoms with Crippen molar-refractivity contribution in [3.8, 4) is 16.5 Å². The minimum absolute atomic E-state index is 0.117. The molecule has 3 aromatic rings. The third-order valence-corrected chi connectivity index (χ3v) is 7.88. The molecule has 1 saturated heterocycles. The summed E-state index contributed by atoms with van der Waals surface area (Å²) in [5, 5.41) is 12.5. The summed E-state index contributed by atoms with van der Waals surface area (Å²) < 4.78 is 18.4. The van der Waals surface area contributed by atoms with Crippen LogP contribution in [0.15, 0.2) is 29.9 Å². The second-order valence-electron chi connectivity index (χ2n) is 11.4. The van der Waals surface area contributed by atoms with Crippen LogP contribution in [0.3, 0.4) is 0 Å². The van der Waals surface area contributed by atoms with Crippen molar-refractivity contribution in [3.63, 3.8) is 0 Å². The zero-order chi connectivity index (χ0) is 30.4. The summed E-state index contributed by atoms with van der Waals surface area (Å²) in [6.07, 6.45) is 5.56. The molecule has 2 aliphatic rings. The first-order chi connectivity index (χ1) is 20.6. The number of pyridine rings is 1. The van der Waals surface area contributed by atoms with Gasteiger partial charge in [-0.3, -0.25) is 14.3 Å². The zero-order valence-corrected chi connectivity index (χ0v) is 25.4. The maximum absolute atomic E-state index is 13.2. The second-order valence-corrected chi connectivity index (χ2v) is 12.3. The number of nitrogens with zero attached hydrogens (tertiary/aromatic N) is 5. The standard InChI is InChI=1S/C29H37N7O6S/c1-29(2,3)42-28(39)35-10-5-19(6-11-35)7-12-36-17-21-24(34-36)26(38)31-9-13-40-14-15-41-23-16-20(4-8-30-23)27-33-22(18-43-27)25(37)32-21/h4,8,16-19H,5-7,9-15H2,1-3H3,(H,31,38)(H,32,37). The van der Waals surface area contributed by atoms with Gasteiger partial charge in [0.1, 0.15) is 22.9 Å². The van der Waals surface area contributed by atoms with Gasteiger partial charge >= 0.3 is 6.09 Å². The van der Waals surface area contributed by atoms with Crippen molar-refractivity contribution in [1.82, 2.24) is 30.0 Å². The van der Waals surface area contributed by atoms with E-state index in [9.17, 15) is 14.4 Å². The molecule has 13 nitrogen and oxygen atoms in total. The molecule has 230 valence electrons. The predicted octanol–water partition coefficient (Wildman–Crippen LogP) is 3.83. The molecule has 3 amide bonds. The monoisotopic (exact) mass is 611 g/mol. The summed E-state index contributed by atoms with van der Waals surface area (Å²) in [6.45, 7) is 8.59. The Morgan fingerprint density at radius 2 is 1.98 bits per heavy atom. The molecule has 1 fully saturated rings. The van der Waals surface area contributed by atoms with Crippen LogP contribution in [0.5, 0.6) is 5.88 Å². The Kier molecular flexibility index (Phi) is 9.56. The molecule has 0 radical (unpaired) electrons. The van der Waals surface area contributed by atoms with E-state index in [2.05, 4.69) is 25.7 Å².